The SMILES string of the molecule is CN1CC[C@H](NC(=O)N[C@H]2CCN(c3ccc(F)cc3F)C2)C1=O. The zero-order valence-corrected chi connectivity index (χ0v) is 13.4. The number of rotatable bonds is 3. The predicted octanol–water partition coefficient (Wildman–Crippen LogP) is 1.07. The summed E-state index contributed by atoms with van der Waals surface area (Å²) in [5.41, 5.74) is 0.328. The Morgan fingerprint density at radius 1 is 1.21 bits per heavy atom. The molecular formula is C16H20F2N4O2. The molecule has 1 aromatic carbocycles. The maximum atomic E-state index is 13.8. The minimum atomic E-state index is -0.615. The molecule has 1 aromatic rings. The molecule has 2 N–H and O–H groups in total. The van der Waals surface area contributed by atoms with Crippen molar-refractivity contribution in [1.29, 1.82) is 0 Å². The van der Waals surface area contributed by atoms with Crippen molar-refractivity contribution >= 4 is 17.6 Å². The summed E-state index contributed by atoms with van der Waals surface area (Å²) in [6, 6.07) is 2.44. The molecule has 0 aromatic heterocycles. The summed E-state index contributed by atoms with van der Waals surface area (Å²) in [7, 11) is 1.70. The number of amides is 3. The Morgan fingerprint density at radius 3 is 2.67 bits per heavy atom. The number of benzene rings is 1. The number of hydrogen-bond donors (Lipinski definition) is 2. The predicted molar refractivity (Wildman–Crippen MR) is 84.7 cm³/mol. The van der Waals surface area contributed by atoms with Gasteiger partial charge in [-0.2, -0.15) is 0 Å². The third-order valence-corrected chi connectivity index (χ3v) is 4.51. The molecule has 0 saturated carbocycles. The van der Waals surface area contributed by atoms with Crippen molar-refractivity contribution in [2.45, 2.75) is 24.9 Å². The van der Waals surface area contributed by atoms with Gasteiger partial charge in [0.05, 0.1) is 5.69 Å². The third-order valence-electron chi connectivity index (χ3n) is 4.51. The second-order valence-corrected chi connectivity index (χ2v) is 6.25. The Balaban J connectivity index is 1.52. The molecule has 0 radical (unpaired) electrons. The lowest BCUT2D eigenvalue weighted by Crippen LogP contribution is -2.49. The average molecular weight is 338 g/mol. The summed E-state index contributed by atoms with van der Waals surface area (Å²) in [5, 5.41) is 5.49. The lowest BCUT2D eigenvalue weighted by molar-refractivity contribution is -0.128. The van der Waals surface area contributed by atoms with E-state index in [9.17, 15) is 18.4 Å². The number of hydrogen-bond acceptors (Lipinski definition) is 3. The van der Waals surface area contributed by atoms with Crippen LogP contribution in [-0.2, 0) is 4.79 Å². The fourth-order valence-corrected chi connectivity index (χ4v) is 3.18. The van der Waals surface area contributed by atoms with E-state index >= 15 is 0 Å². The van der Waals surface area contributed by atoms with Crippen molar-refractivity contribution in [3.63, 3.8) is 0 Å². The Labute approximate surface area is 138 Å². The van der Waals surface area contributed by atoms with Crippen LogP contribution in [0.5, 0.6) is 0 Å². The molecule has 0 aliphatic carbocycles. The van der Waals surface area contributed by atoms with Crippen molar-refractivity contribution in [1.82, 2.24) is 15.5 Å². The first-order chi connectivity index (χ1) is 11.4. The van der Waals surface area contributed by atoms with Gasteiger partial charge in [-0.25, -0.2) is 13.6 Å². The van der Waals surface area contributed by atoms with Gasteiger partial charge < -0.3 is 20.4 Å². The Hall–Kier alpha value is -2.38. The fraction of sp³-hybridized carbons (Fsp3) is 0.500. The van der Waals surface area contributed by atoms with Crippen LogP contribution in [0, 0.1) is 11.6 Å². The molecule has 130 valence electrons. The van der Waals surface area contributed by atoms with Crippen molar-refractivity contribution in [3.8, 4) is 0 Å². The van der Waals surface area contributed by atoms with Crippen molar-refractivity contribution in [2.24, 2.45) is 0 Å². The van der Waals surface area contributed by atoms with Crippen LogP contribution in [-0.4, -0.2) is 55.6 Å². The van der Waals surface area contributed by atoms with Crippen LogP contribution in [0.1, 0.15) is 12.8 Å². The molecular weight excluding hydrogens is 318 g/mol. The standard InChI is InChI=1S/C16H20F2N4O2/c1-21-6-5-13(15(21)23)20-16(24)19-11-4-7-22(9-11)14-3-2-10(17)8-12(14)18/h2-3,8,11,13H,4-7,9H2,1H3,(H2,19,20,24)/t11-,13-/m0/s1. The van der Waals surface area contributed by atoms with Crippen molar-refractivity contribution in [3.05, 3.63) is 29.8 Å². The quantitative estimate of drug-likeness (QED) is 0.867. The average Bonchev–Trinajstić information content (AvgIpc) is 3.09. The number of carbonyl (C=O) groups excluding carboxylic acids is 2. The van der Waals surface area contributed by atoms with Crippen LogP contribution in [0.3, 0.4) is 0 Å². The first-order valence-corrected chi connectivity index (χ1v) is 7.96. The lowest BCUT2D eigenvalue weighted by Gasteiger charge is -2.20. The molecule has 0 bridgehead atoms. The van der Waals surface area contributed by atoms with E-state index in [2.05, 4.69) is 10.6 Å². The molecule has 2 heterocycles. The molecule has 3 amide bonds. The number of nitrogens with zero attached hydrogens (tertiary/aromatic N) is 2. The van der Waals surface area contributed by atoms with Gasteiger partial charge in [-0.3, -0.25) is 4.79 Å². The molecule has 2 saturated heterocycles. The smallest absolute Gasteiger partial charge is 0.315 e. The fourth-order valence-electron chi connectivity index (χ4n) is 3.18. The monoisotopic (exact) mass is 338 g/mol. The van der Waals surface area contributed by atoms with Crippen molar-refractivity contribution < 1.29 is 18.4 Å². The summed E-state index contributed by atoms with van der Waals surface area (Å²) >= 11 is 0. The zero-order chi connectivity index (χ0) is 17.3. The highest BCUT2D eigenvalue weighted by Crippen LogP contribution is 2.24. The second kappa shape index (κ2) is 6.62. The minimum Gasteiger partial charge on any atom is -0.367 e. The molecule has 3 rings (SSSR count). The Kier molecular flexibility index (Phi) is 4.55. The van der Waals surface area contributed by atoms with Crippen LogP contribution in [0.4, 0.5) is 19.3 Å². The highest BCUT2D eigenvalue weighted by atomic mass is 19.1. The molecule has 2 atom stereocenters. The van der Waals surface area contributed by atoms with E-state index in [-0.39, 0.29) is 11.9 Å². The number of halogens is 2. The van der Waals surface area contributed by atoms with E-state index in [0.29, 0.717) is 38.2 Å². The minimum absolute atomic E-state index is 0.0911. The number of urea groups is 1. The molecule has 2 aliphatic rings. The lowest BCUT2D eigenvalue weighted by atomic mass is 10.2. The summed E-state index contributed by atoms with van der Waals surface area (Å²) in [4.78, 5) is 27.2. The highest BCUT2D eigenvalue weighted by molar-refractivity contribution is 5.88. The number of anilines is 1. The van der Waals surface area contributed by atoms with Crippen LogP contribution >= 0.6 is 0 Å². The van der Waals surface area contributed by atoms with Crippen LogP contribution in [0.15, 0.2) is 18.2 Å². The van der Waals surface area contributed by atoms with Gasteiger partial charge in [0.25, 0.3) is 0 Å². The summed E-state index contributed by atoms with van der Waals surface area (Å²) in [6.45, 7) is 1.64. The van der Waals surface area contributed by atoms with Gasteiger partial charge in [-0.15, -0.1) is 0 Å². The third kappa shape index (κ3) is 3.42. The molecule has 6 nitrogen and oxygen atoms in total. The normalized spacial score (nSPS) is 23.7. The summed E-state index contributed by atoms with van der Waals surface area (Å²) < 4.78 is 26.8. The van der Waals surface area contributed by atoms with E-state index < -0.39 is 23.7 Å². The van der Waals surface area contributed by atoms with Gasteiger partial charge in [0, 0.05) is 38.8 Å². The highest BCUT2D eigenvalue weighted by Gasteiger charge is 2.31. The van der Waals surface area contributed by atoms with Crippen LogP contribution in [0.2, 0.25) is 0 Å². The Morgan fingerprint density at radius 2 is 2.00 bits per heavy atom. The van der Waals surface area contributed by atoms with Crippen LogP contribution in [0.25, 0.3) is 0 Å². The molecule has 0 unspecified atom stereocenters. The van der Waals surface area contributed by atoms with E-state index in [1.54, 1.807) is 16.8 Å². The molecule has 24 heavy (non-hydrogen) atoms. The number of likely N-dealkylation sites (N-methyl/N-ethyl adjacent to an activating group) is 1. The number of likely N-dealkylation sites (tertiary alicyclic amines) is 1. The first-order valence-electron chi connectivity index (χ1n) is 7.96. The molecule has 0 spiro atoms. The van der Waals surface area contributed by atoms with Gasteiger partial charge in [0.15, 0.2) is 0 Å². The largest absolute Gasteiger partial charge is 0.367 e. The van der Waals surface area contributed by atoms with Gasteiger partial charge in [0.2, 0.25) is 5.91 Å². The zero-order valence-electron chi connectivity index (χ0n) is 13.4. The maximum absolute atomic E-state index is 13.8. The summed E-state index contributed by atoms with van der Waals surface area (Å²) in [6.07, 6.45) is 1.25. The van der Waals surface area contributed by atoms with Crippen LogP contribution < -0.4 is 15.5 Å². The van der Waals surface area contributed by atoms with Gasteiger partial charge >= 0.3 is 6.03 Å². The van der Waals surface area contributed by atoms with E-state index in [1.165, 1.54) is 12.1 Å². The molecule has 2 aliphatic heterocycles. The number of carbonyl (C=O) groups is 2. The van der Waals surface area contributed by atoms with Gasteiger partial charge in [-0.1, -0.05) is 0 Å². The van der Waals surface area contributed by atoms with E-state index in [1.807, 2.05) is 0 Å². The van der Waals surface area contributed by atoms with E-state index in [4.69, 9.17) is 0 Å². The van der Waals surface area contributed by atoms with Gasteiger partial charge in [0.1, 0.15) is 17.7 Å². The Bertz CT molecular complexity index is 655. The van der Waals surface area contributed by atoms with Crippen molar-refractivity contribution in [2.75, 3.05) is 31.6 Å². The second-order valence-electron chi connectivity index (χ2n) is 6.25. The first kappa shape index (κ1) is 16.5. The molecule has 8 heteroatoms. The topological polar surface area (TPSA) is 64.7 Å². The number of nitrogens with one attached hydrogen (secondary N) is 2. The van der Waals surface area contributed by atoms with Gasteiger partial charge in [-0.05, 0) is 25.0 Å². The van der Waals surface area contributed by atoms with E-state index in [0.717, 1.165) is 6.07 Å². The summed E-state index contributed by atoms with van der Waals surface area (Å²) in [5.74, 6) is -1.32. The maximum Gasteiger partial charge on any atom is 0.315 e. The molecule has 2 fully saturated rings.